The van der Waals surface area contributed by atoms with Crippen LogP contribution in [0.2, 0.25) is 51.4 Å². The molecule has 0 bridgehead atoms. The van der Waals surface area contributed by atoms with Gasteiger partial charge < -0.3 is 20.3 Å². The summed E-state index contributed by atoms with van der Waals surface area (Å²) in [6, 6.07) is 2.34. The van der Waals surface area contributed by atoms with Crippen molar-refractivity contribution in [3.8, 4) is 0 Å². The van der Waals surface area contributed by atoms with Gasteiger partial charge in [0.1, 0.15) is 0 Å². The summed E-state index contributed by atoms with van der Waals surface area (Å²) in [5.41, 5.74) is 11.7. The van der Waals surface area contributed by atoms with Crippen LogP contribution in [0.25, 0.3) is 0 Å². The van der Waals surface area contributed by atoms with Crippen LogP contribution < -0.4 is 11.5 Å². The minimum atomic E-state index is -2.01. The Morgan fingerprint density at radius 1 is 0.875 bits per heavy atom. The lowest BCUT2D eigenvalue weighted by atomic mass is 10.5. The van der Waals surface area contributed by atoms with Gasteiger partial charge in [0, 0.05) is 5.73 Å². The maximum absolute atomic E-state index is 6.75. The number of nitrogens with two attached hydrogens (primary N) is 2. The van der Waals surface area contributed by atoms with Gasteiger partial charge in [-0.3, -0.25) is 0 Å². The smallest absolute Gasteiger partial charge is 0.216 e. The fourth-order valence-corrected chi connectivity index (χ4v) is 12.1. The summed E-state index contributed by atoms with van der Waals surface area (Å²) in [6.07, 6.45) is 2.15. The Bertz CT molecular complexity index is 375. The van der Waals surface area contributed by atoms with Crippen LogP contribution in [0, 0.1) is 0 Å². The third-order valence-corrected chi connectivity index (χ3v) is 16.5. The molecule has 0 spiro atoms. The van der Waals surface area contributed by atoms with Crippen molar-refractivity contribution in [1.29, 1.82) is 0 Å². The zero-order valence-corrected chi connectivity index (χ0v) is 20.8. The second-order valence-corrected chi connectivity index (χ2v) is 23.4. The molecule has 4 nitrogen and oxygen atoms in total. The fraction of sp³-hybridized carbons (Fsp3) is 1.00. The lowest BCUT2D eigenvalue weighted by Crippen LogP contribution is -2.61. The molecule has 0 heterocycles. The molecule has 0 saturated carbocycles. The highest BCUT2D eigenvalue weighted by atomic mass is 28.4. The maximum Gasteiger partial charge on any atom is 0.216 e. The van der Waals surface area contributed by atoms with Crippen LogP contribution in [0.1, 0.15) is 33.6 Å². The first-order chi connectivity index (χ1) is 10.7. The van der Waals surface area contributed by atoms with Crippen molar-refractivity contribution in [2.75, 3.05) is 13.1 Å². The van der Waals surface area contributed by atoms with Crippen molar-refractivity contribution in [2.24, 2.45) is 11.5 Å². The fourth-order valence-electron chi connectivity index (χ4n) is 2.90. The Balaban J connectivity index is 5.00. The van der Waals surface area contributed by atoms with Crippen LogP contribution in [-0.2, 0) is 8.85 Å². The van der Waals surface area contributed by atoms with Crippen molar-refractivity contribution in [3.63, 3.8) is 0 Å². The molecule has 0 aromatic heterocycles. The van der Waals surface area contributed by atoms with Crippen molar-refractivity contribution >= 4 is 24.7 Å². The van der Waals surface area contributed by atoms with E-state index in [9.17, 15) is 0 Å². The van der Waals surface area contributed by atoms with Crippen LogP contribution in [0.4, 0.5) is 0 Å². The SMILES string of the molecule is CC(O[Si](C)(C)C(C)(C)O[Si](C)(C)CCCN)[Si](C)(C)CCCN. The third kappa shape index (κ3) is 7.80. The molecule has 0 aromatic rings. The van der Waals surface area contributed by atoms with Crippen LogP contribution in [-0.4, -0.2) is 48.7 Å². The van der Waals surface area contributed by atoms with E-state index in [1.165, 1.54) is 6.04 Å². The summed E-state index contributed by atoms with van der Waals surface area (Å²) in [5.74, 6) is 0. The van der Waals surface area contributed by atoms with Gasteiger partial charge in [0.05, 0.1) is 13.3 Å². The van der Waals surface area contributed by atoms with Crippen molar-refractivity contribution in [1.82, 2.24) is 0 Å². The summed E-state index contributed by atoms with van der Waals surface area (Å²) in [4.78, 5) is 0. The van der Waals surface area contributed by atoms with Gasteiger partial charge in [-0.05, 0) is 78.9 Å². The van der Waals surface area contributed by atoms with Gasteiger partial charge in [-0.1, -0.05) is 19.1 Å². The van der Waals surface area contributed by atoms with Crippen molar-refractivity contribution in [2.45, 2.75) is 95.9 Å². The second-order valence-electron chi connectivity index (χ2n) is 9.42. The molecule has 7 heteroatoms. The Hall–Kier alpha value is 0.491. The van der Waals surface area contributed by atoms with Gasteiger partial charge in [-0.15, -0.1) is 0 Å². The van der Waals surface area contributed by atoms with E-state index in [0.717, 1.165) is 32.0 Å². The van der Waals surface area contributed by atoms with E-state index in [4.69, 9.17) is 20.3 Å². The van der Waals surface area contributed by atoms with E-state index in [1.54, 1.807) is 0 Å². The highest BCUT2D eigenvalue weighted by Gasteiger charge is 2.47. The van der Waals surface area contributed by atoms with Gasteiger partial charge in [-0.25, -0.2) is 0 Å². The zero-order chi connectivity index (χ0) is 19.2. The molecule has 0 aromatic carbocycles. The van der Waals surface area contributed by atoms with E-state index < -0.39 is 24.7 Å². The quantitative estimate of drug-likeness (QED) is 0.491. The molecule has 4 N–H and O–H groups in total. The Labute approximate surface area is 154 Å². The molecule has 0 aliphatic carbocycles. The summed E-state index contributed by atoms with van der Waals surface area (Å²) in [6.45, 7) is 22.3. The highest BCUT2D eigenvalue weighted by molar-refractivity contribution is 6.81. The molecular formula is C17H44N2O2Si3. The number of hydrogen-bond acceptors (Lipinski definition) is 4. The minimum absolute atomic E-state index is 0.191. The van der Waals surface area contributed by atoms with E-state index in [0.29, 0.717) is 5.73 Å². The predicted molar refractivity (Wildman–Crippen MR) is 115 cm³/mol. The standard InChI is InChI=1S/C17H44N2O2Si3/c1-16(22(4,5)14-10-12-18)20-24(8,9)17(2,3)21-23(6,7)15-11-13-19/h16H,10-15,18-19H2,1-9H3. The monoisotopic (exact) mass is 392 g/mol. The van der Waals surface area contributed by atoms with E-state index in [-0.39, 0.29) is 5.22 Å². The van der Waals surface area contributed by atoms with Crippen LogP contribution in [0.5, 0.6) is 0 Å². The highest BCUT2D eigenvalue weighted by Crippen LogP contribution is 2.33. The van der Waals surface area contributed by atoms with Gasteiger partial charge in [0.2, 0.25) is 8.32 Å². The second kappa shape index (κ2) is 9.43. The van der Waals surface area contributed by atoms with Gasteiger partial charge in [0.25, 0.3) is 0 Å². The zero-order valence-electron chi connectivity index (χ0n) is 17.8. The van der Waals surface area contributed by atoms with Crippen molar-refractivity contribution < 1.29 is 8.85 Å². The third-order valence-electron chi connectivity index (χ3n) is 5.56. The molecule has 0 saturated heterocycles. The van der Waals surface area contributed by atoms with E-state index in [2.05, 4.69) is 60.1 Å². The topological polar surface area (TPSA) is 70.5 Å². The molecule has 1 unspecified atom stereocenters. The molecule has 1 atom stereocenters. The first-order valence-electron chi connectivity index (χ1n) is 9.49. The first kappa shape index (κ1) is 24.5. The van der Waals surface area contributed by atoms with Crippen LogP contribution >= 0.6 is 0 Å². The normalized spacial score (nSPS) is 15.6. The average molecular weight is 393 g/mol. The lowest BCUT2D eigenvalue weighted by Gasteiger charge is -2.47. The predicted octanol–water partition coefficient (Wildman–Crippen LogP) is 4.08. The largest absolute Gasteiger partial charge is 0.415 e. The number of rotatable bonds is 12. The molecule has 0 amide bonds. The molecular weight excluding hydrogens is 348 g/mol. The van der Waals surface area contributed by atoms with E-state index in [1.807, 2.05) is 0 Å². The summed E-state index contributed by atoms with van der Waals surface area (Å²) in [7, 11) is -5.15. The van der Waals surface area contributed by atoms with E-state index >= 15 is 0 Å². The Morgan fingerprint density at radius 3 is 1.79 bits per heavy atom. The first-order valence-corrected chi connectivity index (χ1v) is 18.8. The molecule has 0 rings (SSSR count). The number of hydrogen-bond donors (Lipinski definition) is 2. The molecule has 0 aliphatic heterocycles. The van der Waals surface area contributed by atoms with Crippen LogP contribution in [0.15, 0.2) is 0 Å². The summed E-state index contributed by atoms with van der Waals surface area (Å²) < 4.78 is 13.4. The maximum atomic E-state index is 6.75. The summed E-state index contributed by atoms with van der Waals surface area (Å²) in [5, 5.41) is -0.191. The Kier molecular flexibility index (Phi) is 9.63. The lowest BCUT2D eigenvalue weighted by molar-refractivity contribution is 0.129. The van der Waals surface area contributed by atoms with Gasteiger partial charge in [-0.2, -0.15) is 0 Å². The molecule has 0 fully saturated rings. The minimum Gasteiger partial charge on any atom is -0.415 e. The molecule has 146 valence electrons. The van der Waals surface area contributed by atoms with Gasteiger partial charge in [0.15, 0.2) is 8.32 Å². The van der Waals surface area contributed by atoms with Crippen LogP contribution in [0.3, 0.4) is 0 Å². The average Bonchev–Trinajstić information content (AvgIpc) is 2.41. The molecule has 24 heavy (non-hydrogen) atoms. The Morgan fingerprint density at radius 2 is 1.33 bits per heavy atom. The van der Waals surface area contributed by atoms with Gasteiger partial charge >= 0.3 is 0 Å². The molecule has 0 radical (unpaired) electrons. The van der Waals surface area contributed by atoms with Crippen molar-refractivity contribution in [3.05, 3.63) is 0 Å². The molecule has 0 aliphatic rings. The summed E-state index contributed by atoms with van der Waals surface area (Å²) >= 11 is 0.